The van der Waals surface area contributed by atoms with E-state index in [4.69, 9.17) is 21.1 Å². The first-order valence-electron chi connectivity index (χ1n) is 10.8. The zero-order valence-corrected chi connectivity index (χ0v) is 19.4. The van der Waals surface area contributed by atoms with Crippen LogP contribution in [0.2, 0.25) is 5.02 Å². The second-order valence-electron chi connectivity index (χ2n) is 8.19. The predicted octanol–water partition coefficient (Wildman–Crippen LogP) is 2.89. The van der Waals surface area contributed by atoms with E-state index in [1.54, 1.807) is 32.4 Å². The lowest BCUT2D eigenvalue weighted by Crippen LogP contribution is -2.61. The molecule has 1 fully saturated rings. The minimum absolute atomic E-state index is 0.0352. The second-order valence-corrected chi connectivity index (χ2v) is 8.62. The molecule has 0 saturated carbocycles. The quantitative estimate of drug-likeness (QED) is 0.374. The topological polar surface area (TPSA) is 97.2 Å². The number of piperazine rings is 1. The highest BCUT2D eigenvalue weighted by Gasteiger charge is 2.42. The number of nitro benzene ring substituents is 1. The summed E-state index contributed by atoms with van der Waals surface area (Å²) >= 11 is 6.26. The number of non-ortho nitro benzene ring substituents is 1. The fraction of sp³-hybridized carbons (Fsp3) is 0.435. The van der Waals surface area contributed by atoms with Gasteiger partial charge in [0.15, 0.2) is 0 Å². The zero-order valence-electron chi connectivity index (χ0n) is 18.6. The van der Waals surface area contributed by atoms with Gasteiger partial charge in [-0.15, -0.1) is 0 Å². The Bertz CT molecular complexity index is 1050. The number of anilines is 2. The highest BCUT2D eigenvalue weighted by Crippen LogP contribution is 2.40. The lowest BCUT2D eigenvalue weighted by molar-refractivity contribution is -0.384. The number of nitrogens with zero attached hydrogens (tertiary/aromatic N) is 3. The highest BCUT2D eigenvalue weighted by molar-refractivity contribution is 6.31. The van der Waals surface area contributed by atoms with Crippen LogP contribution in [-0.2, 0) is 16.0 Å². The largest absolute Gasteiger partial charge is 0.495 e. The van der Waals surface area contributed by atoms with Crippen molar-refractivity contribution in [2.75, 3.05) is 56.8 Å². The van der Waals surface area contributed by atoms with Crippen molar-refractivity contribution in [2.24, 2.45) is 5.92 Å². The molecule has 176 valence electrons. The molecule has 0 spiro atoms. The standard InChI is InChI=1S/C23H27ClN4O5/c1-32-10-7-25-23(29)18-12-15-11-17(28(30)31)4-5-19(15)27-9-8-26(14-21(18)27)20-13-16(24)3-6-22(20)33-2/h3-6,11,13,18,21H,7-10,12,14H2,1-2H3,(H,25,29)/t18-,21+/m0/s1. The van der Waals surface area contributed by atoms with Crippen LogP contribution in [0.5, 0.6) is 5.75 Å². The number of amides is 1. The van der Waals surface area contributed by atoms with Crippen molar-refractivity contribution in [3.8, 4) is 5.75 Å². The monoisotopic (exact) mass is 474 g/mol. The number of methoxy groups -OCH3 is 2. The number of benzene rings is 2. The number of nitro groups is 1. The maximum Gasteiger partial charge on any atom is 0.269 e. The molecular formula is C23H27ClN4O5. The number of fused-ring (bicyclic) bond motifs is 3. The molecular weight excluding hydrogens is 448 g/mol. The number of carbonyl (C=O) groups is 1. The summed E-state index contributed by atoms with van der Waals surface area (Å²) in [5.74, 6) is 0.268. The van der Waals surface area contributed by atoms with Gasteiger partial charge in [-0.25, -0.2) is 0 Å². The molecule has 2 aliphatic heterocycles. The number of hydrogen-bond donors (Lipinski definition) is 1. The van der Waals surface area contributed by atoms with Crippen molar-refractivity contribution < 1.29 is 19.2 Å². The molecule has 0 unspecified atom stereocenters. The molecule has 2 atom stereocenters. The molecule has 10 heteroatoms. The molecule has 0 aliphatic carbocycles. The van der Waals surface area contributed by atoms with E-state index in [0.29, 0.717) is 44.2 Å². The van der Waals surface area contributed by atoms with Crippen LogP contribution in [0.25, 0.3) is 0 Å². The van der Waals surface area contributed by atoms with E-state index >= 15 is 0 Å². The Hall–Kier alpha value is -3.04. The minimum atomic E-state index is -0.399. The van der Waals surface area contributed by atoms with Gasteiger partial charge in [0, 0.05) is 56.1 Å². The van der Waals surface area contributed by atoms with E-state index in [1.165, 1.54) is 6.07 Å². The van der Waals surface area contributed by atoms with Crippen molar-refractivity contribution in [3.63, 3.8) is 0 Å². The van der Waals surface area contributed by atoms with Crippen LogP contribution in [0.1, 0.15) is 5.56 Å². The van der Waals surface area contributed by atoms with Gasteiger partial charge in [0.2, 0.25) is 5.91 Å². The number of carbonyl (C=O) groups excluding carboxylic acids is 1. The van der Waals surface area contributed by atoms with Crippen molar-refractivity contribution >= 4 is 34.6 Å². The molecule has 33 heavy (non-hydrogen) atoms. The summed E-state index contributed by atoms with van der Waals surface area (Å²) in [5, 5.41) is 14.9. The molecule has 1 N–H and O–H groups in total. The van der Waals surface area contributed by atoms with Gasteiger partial charge < -0.3 is 24.6 Å². The molecule has 9 nitrogen and oxygen atoms in total. The van der Waals surface area contributed by atoms with Crippen molar-refractivity contribution in [1.29, 1.82) is 0 Å². The smallest absolute Gasteiger partial charge is 0.269 e. The summed E-state index contributed by atoms with van der Waals surface area (Å²) in [6, 6.07) is 10.3. The van der Waals surface area contributed by atoms with E-state index in [9.17, 15) is 14.9 Å². The number of nitrogens with one attached hydrogen (secondary N) is 1. The molecule has 4 rings (SSSR count). The van der Waals surface area contributed by atoms with Crippen molar-refractivity contribution in [3.05, 3.63) is 57.1 Å². The molecule has 0 bridgehead atoms. The van der Waals surface area contributed by atoms with Crippen LogP contribution in [0, 0.1) is 16.0 Å². The summed E-state index contributed by atoms with van der Waals surface area (Å²) in [5.41, 5.74) is 2.69. The van der Waals surface area contributed by atoms with E-state index in [1.807, 2.05) is 12.1 Å². The van der Waals surface area contributed by atoms with Gasteiger partial charge in [-0.3, -0.25) is 14.9 Å². The highest BCUT2D eigenvalue weighted by atomic mass is 35.5. The first-order chi connectivity index (χ1) is 15.9. The lowest BCUT2D eigenvalue weighted by atomic mass is 9.83. The second kappa shape index (κ2) is 9.84. The van der Waals surface area contributed by atoms with E-state index in [2.05, 4.69) is 15.1 Å². The molecule has 2 aromatic carbocycles. The Morgan fingerprint density at radius 3 is 2.76 bits per heavy atom. The summed E-state index contributed by atoms with van der Waals surface area (Å²) in [4.78, 5) is 28.5. The Balaban J connectivity index is 1.67. The molecule has 1 saturated heterocycles. The van der Waals surface area contributed by atoms with E-state index in [-0.39, 0.29) is 23.6 Å². The maximum atomic E-state index is 13.2. The van der Waals surface area contributed by atoms with E-state index in [0.717, 1.165) is 22.7 Å². The first-order valence-corrected chi connectivity index (χ1v) is 11.2. The van der Waals surface area contributed by atoms with Crippen molar-refractivity contribution in [1.82, 2.24) is 5.32 Å². The molecule has 1 amide bonds. The number of rotatable bonds is 7. The zero-order chi connectivity index (χ0) is 23.5. The minimum Gasteiger partial charge on any atom is -0.495 e. The third-order valence-electron chi connectivity index (χ3n) is 6.33. The average molecular weight is 475 g/mol. The predicted molar refractivity (Wildman–Crippen MR) is 127 cm³/mol. The Labute approximate surface area is 197 Å². The van der Waals surface area contributed by atoms with Gasteiger partial charge in [0.1, 0.15) is 5.75 Å². The Kier molecular flexibility index (Phi) is 6.90. The number of hydrogen-bond acceptors (Lipinski definition) is 7. The molecule has 0 aromatic heterocycles. The third-order valence-corrected chi connectivity index (χ3v) is 6.57. The van der Waals surface area contributed by atoms with Crippen LogP contribution in [0.3, 0.4) is 0 Å². The third kappa shape index (κ3) is 4.69. The first kappa shape index (κ1) is 23.1. The fourth-order valence-electron chi connectivity index (χ4n) is 4.76. The van der Waals surface area contributed by atoms with Gasteiger partial charge in [0.05, 0.1) is 36.3 Å². The van der Waals surface area contributed by atoms with Gasteiger partial charge in [-0.1, -0.05) is 11.6 Å². The Morgan fingerprint density at radius 1 is 1.21 bits per heavy atom. The van der Waals surface area contributed by atoms with Gasteiger partial charge >= 0.3 is 0 Å². The summed E-state index contributed by atoms with van der Waals surface area (Å²) in [6.07, 6.45) is 0.428. The van der Waals surface area contributed by atoms with Crippen LogP contribution in [0.15, 0.2) is 36.4 Å². The molecule has 2 aromatic rings. The van der Waals surface area contributed by atoms with E-state index < -0.39 is 4.92 Å². The summed E-state index contributed by atoms with van der Waals surface area (Å²) in [7, 11) is 3.21. The van der Waals surface area contributed by atoms with Gasteiger partial charge in [-0.2, -0.15) is 0 Å². The van der Waals surface area contributed by atoms with Crippen molar-refractivity contribution in [2.45, 2.75) is 12.5 Å². The maximum absolute atomic E-state index is 13.2. The lowest BCUT2D eigenvalue weighted by Gasteiger charge is -2.49. The van der Waals surface area contributed by atoms with Gasteiger partial charge in [-0.05, 0) is 36.2 Å². The van der Waals surface area contributed by atoms with Crippen LogP contribution < -0.4 is 19.9 Å². The van der Waals surface area contributed by atoms with Gasteiger partial charge in [0.25, 0.3) is 5.69 Å². The fourth-order valence-corrected chi connectivity index (χ4v) is 4.93. The normalized spacial score (nSPS) is 19.5. The number of halogens is 1. The summed E-state index contributed by atoms with van der Waals surface area (Å²) in [6.45, 7) is 2.77. The average Bonchev–Trinajstić information content (AvgIpc) is 2.82. The van der Waals surface area contributed by atoms with Crippen LogP contribution in [0.4, 0.5) is 17.1 Å². The molecule has 0 radical (unpaired) electrons. The Morgan fingerprint density at radius 2 is 2.03 bits per heavy atom. The number of ether oxygens (including phenoxy) is 2. The molecule has 2 aliphatic rings. The van der Waals surface area contributed by atoms with Crippen LogP contribution >= 0.6 is 11.6 Å². The van der Waals surface area contributed by atoms with Crippen LogP contribution in [-0.4, -0.2) is 63.9 Å². The SMILES string of the molecule is COCCNC(=O)[C@H]1Cc2cc([N+](=O)[O-])ccc2N2CCN(c3cc(Cl)ccc3OC)C[C@H]12. The summed E-state index contributed by atoms with van der Waals surface area (Å²) < 4.78 is 10.6. The molecule has 2 heterocycles.